The van der Waals surface area contributed by atoms with Gasteiger partial charge in [-0.15, -0.1) is 0 Å². The van der Waals surface area contributed by atoms with Gasteiger partial charge in [-0.1, -0.05) is 36.0 Å². The Hall–Kier alpha value is -1.43. The maximum Gasteiger partial charge on any atom is 0.490 e. The van der Waals surface area contributed by atoms with Crippen molar-refractivity contribution in [1.82, 2.24) is 0 Å². The van der Waals surface area contributed by atoms with Gasteiger partial charge in [-0.2, -0.15) is 0 Å². The molecule has 0 amide bonds. The summed E-state index contributed by atoms with van der Waals surface area (Å²) in [6, 6.07) is 13.7. The van der Waals surface area contributed by atoms with E-state index in [-0.39, 0.29) is 0 Å². The van der Waals surface area contributed by atoms with Crippen LogP contribution < -0.4 is 10.4 Å². The topological polar surface area (TPSA) is 43.7 Å². The van der Waals surface area contributed by atoms with Crippen LogP contribution in [0.1, 0.15) is 0 Å². The van der Waals surface area contributed by atoms with E-state index >= 15 is 0 Å². The van der Waals surface area contributed by atoms with E-state index in [0.717, 1.165) is 16.3 Å². The molecule has 0 bridgehead atoms. The van der Waals surface area contributed by atoms with Gasteiger partial charge in [0, 0.05) is 22.3 Å². The van der Waals surface area contributed by atoms with Crippen LogP contribution in [0.3, 0.4) is 0 Å². The largest absolute Gasteiger partial charge is 0.490 e. The van der Waals surface area contributed by atoms with Gasteiger partial charge in [0.25, 0.3) is 0 Å². The molecule has 2 aromatic rings. The molecule has 1 aliphatic rings. The predicted molar refractivity (Wildman–Crippen MR) is 74.9 cm³/mol. The highest BCUT2D eigenvalue weighted by Crippen LogP contribution is 2.46. The number of para-hydroxylation sites is 2. The molecule has 90 valence electrons. The monoisotopic (exact) mass is 257 g/mol. The molecule has 2 aromatic carbocycles. The summed E-state index contributed by atoms with van der Waals surface area (Å²) in [5, 5.41) is 18.9. The van der Waals surface area contributed by atoms with Crippen molar-refractivity contribution in [2.75, 3.05) is 11.9 Å². The van der Waals surface area contributed by atoms with Crippen molar-refractivity contribution in [3.8, 4) is 0 Å². The van der Waals surface area contributed by atoms with E-state index in [4.69, 9.17) is 0 Å². The van der Waals surface area contributed by atoms with Crippen molar-refractivity contribution < 1.29 is 10.0 Å². The van der Waals surface area contributed by atoms with E-state index < -0.39 is 7.12 Å². The first kappa shape index (κ1) is 11.7. The molecule has 0 saturated heterocycles. The number of hydrogen-bond acceptors (Lipinski definition) is 4. The van der Waals surface area contributed by atoms with Crippen molar-refractivity contribution >= 4 is 35.7 Å². The van der Waals surface area contributed by atoms with Crippen LogP contribution in [0.4, 0.5) is 11.4 Å². The van der Waals surface area contributed by atoms with E-state index in [9.17, 15) is 10.0 Å². The van der Waals surface area contributed by atoms with E-state index in [2.05, 4.69) is 6.07 Å². The molecular weight excluding hydrogens is 245 g/mol. The Labute approximate surface area is 110 Å². The summed E-state index contributed by atoms with van der Waals surface area (Å²) in [6.45, 7) is 0. The zero-order chi connectivity index (χ0) is 12.7. The molecule has 3 nitrogen and oxygen atoms in total. The molecule has 0 unspecified atom stereocenters. The lowest BCUT2D eigenvalue weighted by Crippen LogP contribution is -2.35. The van der Waals surface area contributed by atoms with Crippen LogP contribution in [-0.4, -0.2) is 24.2 Å². The van der Waals surface area contributed by atoms with Crippen LogP contribution in [-0.2, 0) is 0 Å². The Morgan fingerprint density at radius 3 is 2.50 bits per heavy atom. The lowest BCUT2D eigenvalue weighted by Gasteiger charge is -2.31. The summed E-state index contributed by atoms with van der Waals surface area (Å²) in [5.74, 6) is 0. The first-order chi connectivity index (χ1) is 8.68. The summed E-state index contributed by atoms with van der Waals surface area (Å²) in [5.41, 5.74) is 2.50. The van der Waals surface area contributed by atoms with Crippen LogP contribution >= 0.6 is 11.8 Å². The van der Waals surface area contributed by atoms with Crippen LogP contribution in [0.5, 0.6) is 0 Å². The van der Waals surface area contributed by atoms with Crippen molar-refractivity contribution in [2.24, 2.45) is 0 Å². The maximum absolute atomic E-state index is 9.47. The minimum atomic E-state index is -1.45. The molecule has 2 N–H and O–H groups in total. The molecule has 5 heteroatoms. The van der Waals surface area contributed by atoms with E-state index in [0.29, 0.717) is 5.46 Å². The summed E-state index contributed by atoms with van der Waals surface area (Å²) in [7, 11) is 0.497. The number of nitrogens with zero attached hydrogens (tertiary/aromatic N) is 1. The number of fused-ring (bicyclic) bond motifs is 2. The summed E-state index contributed by atoms with van der Waals surface area (Å²) < 4.78 is 0. The minimum absolute atomic E-state index is 0.539. The molecular formula is C13H12BNO2S. The lowest BCUT2D eigenvalue weighted by molar-refractivity contribution is 0.426. The third-order valence-corrected chi connectivity index (χ3v) is 4.20. The van der Waals surface area contributed by atoms with Gasteiger partial charge in [-0.3, -0.25) is 0 Å². The second kappa shape index (κ2) is 4.35. The summed E-state index contributed by atoms with van der Waals surface area (Å²) in [6.07, 6.45) is 0. The standard InChI is InChI=1S/C13H12BNO2S/c1-15-10-6-2-3-7-11(10)18-12-8-4-5-9(13(12)15)14(16)17/h2-8,16-17H,1H3. The van der Waals surface area contributed by atoms with Gasteiger partial charge < -0.3 is 14.9 Å². The second-order valence-electron chi connectivity index (χ2n) is 4.20. The van der Waals surface area contributed by atoms with E-state index in [1.54, 1.807) is 17.8 Å². The summed E-state index contributed by atoms with van der Waals surface area (Å²) >= 11 is 1.65. The minimum Gasteiger partial charge on any atom is -0.423 e. The van der Waals surface area contributed by atoms with Gasteiger partial charge in [0.2, 0.25) is 0 Å². The third kappa shape index (κ3) is 1.71. The zero-order valence-electron chi connectivity index (χ0n) is 9.87. The highest BCUT2D eigenvalue weighted by Gasteiger charge is 2.26. The van der Waals surface area contributed by atoms with Crippen LogP contribution in [0.25, 0.3) is 0 Å². The molecule has 0 spiro atoms. The molecule has 0 atom stereocenters. The Kier molecular flexibility index (Phi) is 2.82. The average molecular weight is 257 g/mol. The average Bonchev–Trinajstić information content (AvgIpc) is 2.38. The van der Waals surface area contributed by atoms with Crippen molar-refractivity contribution in [3.63, 3.8) is 0 Å². The lowest BCUT2D eigenvalue weighted by atomic mass is 9.78. The predicted octanol–water partition coefficient (Wildman–Crippen LogP) is 1.60. The second-order valence-corrected chi connectivity index (χ2v) is 5.28. The molecule has 0 aliphatic carbocycles. The van der Waals surface area contributed by atoms with E-state index in [1.807, 2.05) is 42.3 Å². The highest BCUT2D eigenvalue weighted by atomic mass is 32.2. The van der Waals surface area contributed by atoms with Crippen LogP contribution in [0.15, 0.2) is 52.3 Å². The first-order valence-corrected chi connectivity index (χ1v) is 6.50. The molecule has 3 rings (SSSR count). The zero-order valence-corrected chi connectivity index (χ0v) is 10.7. The van der Waals surface area contributed by atoms with Crippen LogP contribution in [0, 0.1) is 0 Å². The first-order valence-electron chi connectivity index (χ1n) is 5.68. The quantitative estimate of drug-likeness (QED) is 0.761. The van der Waals surface area contributed by atoms with Gasteiger partial charge >= 0.3 is 7.12 Å². The fraction of sp³-hybridized carbons (Fsp3) is 0.0769. The normalized spacial score (nSPS) is 12.9. The number of benzene rings is 2. The Bertz CT molecular complexity index is 603. The number of rotatable bonds is 1. The highest BCUT2D eigenvalue weighted by molar-refractivity contribution is 7.99. The molecule has 1 aliphatic heterocycles. The fourth-order valence-electron chi connectivity index (χ4n) is 2.25. The fourth-order valence-corrected chi connectivity index (χ4v) is 3.44. The molecule has 0 aromatic heterocycles. The molecule has 18 heavy (non-hydrogen) atoms. The van der Waals surface area contributed by atoms with Gasteiger partial charge in [0.05, 0.1) is 11.4 Å². The summed E-state index contributed by atoms with van der Waals surface area (Å²) in [4.78, 5) is 4.23. The Morgan fingerprint density at radius 1 is 1.00 bits per heavy atom. The van der Waals surface area contributed by atoms with Gasteiger partial charge in [-0.25, -0.2) is 0 Å². The van der Waals surface area contributed by atoms with Crippen LogP contribution in [0.2, 0.25) is 0 Å². The molecule has 1 heterocycles. The molecule has 0 fully saturated rings. The maximum atomic E-state index is 9.47. The number of anilines is 2. The smallest absolute Gasteiger partial charge is 0.423 e. The molecule has 0 radical (unpaired) electrons. The SMILES string of the molecule is CN1c2ccccc2Sc2cccc(B(O)O)c21. The van der Waals surface area contributed by atoms with Gasteiger partial charge in [0.15, 0.2) is 0 Å². The van der Waals surface area contributed by atoms with Gasteiger partial charge in [-0.05, 0) is 18.2 Å². The van der Waals surface area contributed by atoms with Crippen molar-refractivity contribution in [2.45, 2.75) is 9.79 Å². The Balaban J connectivity index is 2.20. The van der Waals surface area contributed by atoms with Crippen molar-refractivity contribution in [3.05, 3.63) is 42.5 Å². The Morgan fingerprint density at radius 2 is 1.72 bits per heavy atom. The third-order valence-electron chi connectivity index (χ3n) is 3.09. The van der Waals surface area contributed by atoms with E-state index in [1.165, 1.54) is 4.90 Å². The van der Waals surface area contributed by atoms with Crippen molar-refractivity contribution in [1.29, 1.82) is 0 Å². The van der Waals surface area contributed by atoms with Gasteiger partial charge in [0.1, 0.15) is 0 Å². The molecule has 0 saturated carbocycles. The number of hydrogen-bond donors (Lipinski definition) is 2.